The summed E-state index contributed by atoms with van der Waals surface area (Å²) in [7, 11) is 1.80. The van der Waals surface area contributed by atoms with E-state index in [2.05, 4.69) is 15.2 Å². The number of aryl methyl sites for hydroxylation is 1. The number of amides is 1. The number of hydrogen-bond acceptors (Lipinski definition) is 5. The van der Waals surface area contributed by atoms with Crippen molar-refractivity contribution in [2.45, 2.75) is 19.9 Å². The molecule has 0 saturated heterocycles. The molecule has 1 amide bonds. The van der Waals surface area contributed by atoms with E-state index in [1.54, 1.807) is 34.6 Å². The second-order valence-corrected chi connectivity index (χ2v) is 7.05. The predicted octanol–water partition coefficient (Wildman–Crippen LogP) is 3.10. The number of carbonyl (C=O) groups is 1. The molecule has 0 atom stereocenters. The van der Waals surface area contributed by atoms with E-state index in [1.165, 1.54) is 0 Å². The van der Waals surface area contributed by atoms with Crippen LogP contribution in [0.3, 0.4) is 0 Å². The Kier molecular flexibility index (Phi) is 4.35. The van der Waals surface area contributed by atoms with Crippen LogP contribution in [-0.2, 0) is 17.8 Å². The van der Waals surface area contributed by atoms with Gasteiger partial charge < -0.3 is 4.90 Å². The number of aromatic nitrogens is 3. The van der Waals surface area contributed by atoms with Crippen LogP contribution in [0.1, 0.15) is 16.4 Å². The van der Waals surface area contributed by atoms with Crippen LogP contribution in [-0.4, -0.2) is 33.0 Å². The molecule has 0 radical (unpaired) electrons. The number of thiazole rings is 1. The predicted molar refractivity (Wildman–Crippen MR) is 88.9 cm³/mol. The van der Waals surface area contributed by atoms with Gasteiger partial charge in [-0.2, -0.15) is 5.10 Å². The fourth-order valence-corrected chi connectivity index (χ4v) is 3.41. The minimum atomic E-state index is 0.0533. The van der Waals surface area contributed by atoms with Crippen molar-refractivity contribution >= 4 is 28.6 Å². The third-order valence-corrected chi connectivity index (χ3v) is 4.95. The number of carbonyl (C=O) groups excluding carboxylic acids is 1. The number of nitrogens with zero attached hydrogens (tertiary/aromatic N) is 3. The summed E-state index contributed by atoms with van der Waals surface area (Å²) in [6, 6.07) is 6.02. The van der Waals surface area contributed by atoms with E-state index in [1.807, 2.05) is 35.9 Å². The van der Waals surface area contributed by atoms with E-state index < -0.39 is 0 Å². The van der Waals surface area contributed by atoms with Crippen LogP contribution in [0.5, 0.6) is 0 Å². The van der Waals surface area contributed by atoms with Crippen molar-refractivity contribution in [2.24, 2.45) is 0 Å². The summed E-state index contributed by atoms with van der Waals surface area (Å²) in [5.74, 6) is 0.0533. The van der Waals surface area contributed by atoms with Crippen molar-refractivity contribution in [3.05, 3.63) is 45.4 Å². The number of H-pyrrole nitrogens is 1. The van der Waals surface area contributed by atoms with E-state index >= 15 is 0 Å². The molecule has 114 valence electrons. The molecule has 22 heavy (non-hydrogen) atoms. The lowest BCUT2D eigenvalue weighted by Gasteiger charge is -2.15. The maximum atomic E-state index is 12.2. The van der Waals surface area contributed by atoms with E-state index in [0.29, 0.717) is 13.0 Å². The molecule has 0 fully saturated rings. The van der Waals surface area contributed by atoms with Crippen LogP contribution in [0.4, 0.5) is 0 Å². The molecule has 5 nitrogen and oxygen atoms in total. The molecule has 0 bridgehead atoms. The maximum absolute atomic E-state index is 12.2. The molecule has 0 saturated carbocycles. The number of rotatable bonds is 5. The van der Waals surface area contributed by atoms with Crippen LogP contribution < -0.4 is 0 Å². The van der Waals surface area contributed by atoms with Gasteiger partial charge in [0.25, 0.3) is 0 Å². The zero-order valence-electron chi connectivity index (χ0n) is 12.4. The van der Waals surface area contributed by atoms with Gasteiger partial charge in [0.1, 0.15) is 5.69 Å². The highest BCUT2D eigenvalue weighted by molar-refractivity contribution is 7.13. The first-order valence-corrected chi connectivity index (χ1v) is 8.61. The summed E-state index contributed by atoms with van der Waals surface area (Å²) in [6.07, 6.45) is 0.340. The second kappa shape index (κ2) is 6.41. The molecule has 0 aliphatic heterocycles. The van der Waals surface area contributed by atoms with Crippen LogP contribution in [0.2, 0.25) is 0 Å². The quantitative estimate of drug-likeness (QED) is 0.781. The van der Waals surface area contributed by atoms with Crippen molar-refractivity contribution in [3.8, 4) is 10.6 Å². The highest BCUT2D eigenvalue weighted by atomic mass is 32.1. The first-order valence-electron chi connectivity index (χ1n) is 6.85. The van der Waals surface area contributed by atoms with Gasteiger partial charge in [0.2, 0.25) is 5.91 Å². The lowest BCUT2D eigenvalue weighted by Crippen LogP contribution is -2.28. The summed E-state index contributed by atoms with van der Waals surface area (Å²) in [6.45, 7) is 2.46. The van der Waals surface area contributed by atoms with Gasteiger partial charge in [-0.05, 0) is 24.4 Å². The summed E-state index contributed by atoms with van der Waals surface area (Å²) < 4.78 is 0. The molecule has 0 unspecified atom stereocenters. The van der Waals surface area contributed by atoms with Crippen molar-refractivity contribution in [2.75, 3.05) is 7.05 Å². The number of aromatic amines is 1. The third-order valence-electron chi connectivity index (χ3n) is 3.24. The average molecular weight is 332 g/mol. The smallest absolute Gasteiger partial charge is 0.228 e. The lowest BCUT2D eigenvalue weighted by molar-refractivity contribution is -0.129. The number of thiophene rings is 1. The van der Waals surface area contributed by atoms with Gasteiger partial charge in [-0.25, -0.2) is 4.98 Å². The zero-order valence-corrected chi connectivity index (χ0v) is 14.0. The Labute approximate surface area is 136 Å². The Morgan fingerprint density at radius 2 is 2.27 bits per heavy atom. The van der Waals surface area contributed by atoms with E-state index in [0.717, 1.165) is 27.0 Å². The number of nitrogens with one attached hydrogen (secondary N) is 1. The molecule has 7 heteroatoms. The molecule has 3 heterocycles. The minimum absolute atomic E-state index is 0.0533. The van der Waals surface area contributed by atoms with Crippen LogP contribution in [0, 0.1) is 6.92 Å². The van der Waals surface area contributed by atoms with Gasteiger partial charge in [0.15, 0.2) is 0 Å². The summed E-state index contributed by atoms with van der Waals surface area (Å²) in [4.78, 5) is 19.4. The molecule has 3 aromatic rings. The van der Waals surface area contributed by atoms with Gasteiger partial charge in [0.05, 0.1) is 34.2 Å². The Hall–Kier alpha value is -1.99. The van der Waals surface area contributed by atoms with Crippen LogP contribution >= 0.6 is 22.7 Å². The fourth-order valence-electron chi connectivity index (χ4n) is 2.12. The first kappa shape index (κ1) is 14.9. The fraction of sp³-hybridized carbons (Fsp3) is 0.267. The monoisotopic (exact) mass is 332 g/mol. The van der Waals surface area contributed by atoms with E-state index in [-0.39, 0.29) is 5.91 Å². The minimum Gasteiger partial charge on any atom is -0.340 e. The largest absolute Gasteiger partial charge is 0.340 e. The summed E-state index contributed by atoms with van der Waals surface area (Å²) in [5, 5.41) is 12.2. The zero-order chi connectivity index (χ0) is 15.5. The van der Waals surface area contributed by atoms with Crippen molar-refractivity contribution in [3.63, 3.8) is 0 Å². The summed E-state index contributed by atoms with van der Waals surface area (Å²) >= 11 is 3.22. The standard InChI is InChI=1S/C15H16N4OS2/c1-10-16-12(9-22-10)7-15(20)19(2)8-11-6-13(18-17-11)14-4-3-5-21-14/h3-6,9H,7-8H2,1-2H3,(H,17,18). The Balaban J connectivity index is 1.61. The Morgan fingerprint density at radius 3 is 2.95 bits per heavy atom. The summed E-state index contributed by atoms with van der Waals surface area (Å²) in [5.41, 5.74) is 2.68. The molecule has 3 rings (SSSR count). The molecular weight excluding hydrogens is 316 g/mol. The average Bonchev–Trinajstić information content (AvgIpc) is 3.20. The Bertz CT molecular complexity index is 760. The number of likely N-dealkylation sites (N-methyl/N-ethyl adjacent to an activating group) is 1. The van der Waals surface area contributed by atoms with E-state index in [4.69, 9.17) is 0 Å². The van der Waals surface area contributed by atoms with Crippen molar-refractivity contribution in [1.82, 2.24) is 20.1 Å². The molecule has 0 aliphatic rings. The molecule has 0 aliphatic carbocycles. The molecule has 0 spiro atoms. The van der Waals surface area contributed by atoms with E-state index in [9.17, 15) is 4.79 Å². The Morgan fingerprint density at radius 1 is 1.41 bits per heavy atom. The van der Waals surface area contributed by atoms with Crippen molar-refractivity contribution < 1.29 is 4.79 Å². The molecule has 3 aromatic heterocycles. The van der Waals surface area contributed by atoms with Gasteiger partial charge >= 0.3 is 0 Å². The lowest BCUT2D eigenvalue weighted by atomic mass is 10.2. The van der Waals surface area contributed by atoms with Gasteiger partial charge in [-0.15, -0.1) is 22.7 Å². The highest BCUT2D eigenvalue weighted by Crippen LogP contribution is 2.23. The SMILES string of the molecule is Cc1nc(CC(=O)N(C)Cc2cc(-c3cccs3)n[nH]2)cs1. The third kappa shape index (κ3) is 3.42. The second-order valence-electron chi connectivity index (χ2n) is 5.04. The van der Waals surface area contributed by atoms with Crippen LogP contribution in [0.25, 0.3) is 10.6 Å². The van der Waals surface area contributed by atoms with Gasteiger partial charge in [-0.3, -0.25) is 9.89 Å². The molecule has 0 aromatic carbocycles. The molecular formula is C15H16N4OS2. The van der Waals surface area contributed by atoms with Crippen LogP contribution in [0.15, 0.2) is 29.0 Å². The highest BCUT2D eigenvalue weighted by Gasteiger charge is 2.13. The van der Waals surface area contributed by atoms with Crippen molar-refractivity contribution in [1.29, 1.82) is 0 Å². The normalized spacial score (nSPS) is 10.8. The van der Waals surface area contributed by atoms with Gasteiger partial charge in [0, 0.05) is 12.4 Å². The topological polar surface area (TPSA) is 61.9 Å². The first-order chi connectivity index (χ1) is 10.6. The van der Waals surface area contributed by atoms with Gasteiger partial charge in [-0.1, -0.05) is 6.07 Å². The number of hydrogen-bond donors (Lipinski definition) is 1. The molecule has 1 N–H and O–H groups in total. The maximum Gasteiger partial charge on any atom is 0.228 e.